The summed E-state index contributed by atoms with van der Waals surface area (Å²) in [6.45, 7) is 7.11. The van der Waals surface area contributed by atoms with Gasteiger partial charge in [-0.1, -0.05) is 6.08 Å². The summed E-state index contributed by atoms with van der Waals surface area (Å²) in [6.07, 6.45) is 0.853. The van der Waals surface area contributed by atoms with Crippen LogP contribution in [0.3, 0.4) is 0 Å². The number of hydrogen-bond donors (Lipinski definition) is 2. The smallest absolute Gasteiger partial charge is 0.100 e. The molecule has 2 N–H and O–H groups in total. The van der Waals surface area contributed by atoms with Gasteiger partial charge in [0.05, 0.1) is 18.8 Å². The molecule has 0 unspecified atom stereocenters. The fourth-order valence-electron chi connectivity index (χ4n) is 0.423. The molecule has 0 saturated carbocycles. The molecule has 0 amide bonds. The molecule has 0 spiro atoms. The monoisotopic (exact) mass is 160 g/mol. The van der Waals surface area contributed by atoms with Crippen molar-refractivity contribution in [3.8, 4) is 0 Å². The van der Waals surface area contributed by atoms with Crippen LogP contribution in [0.1, 0.15) is 13.8 Å². The van der Waals surface area contributed by atoms with Crippen molar-refractivity contribution in [2.45, 2.75) is 25.6 Å². The summed E-state index contributed by atoms with van der Waals surface area (Å²) in [5.74, 6) is 0. The Morgan fingerprint density at radius 3 is 2.55 bits per heavy atom. The van der Waals surface area contributed by atoms with E-state index >= 15 is 0 Å². The Morgan fingerprint density at radius 2 is 2.18 bits per heavy atom. The van der Waals surface area contributed by atoms with Gasteiger partial charge >= 0.3 is 0 Å². The number of hydrogen-bond acceptors (Lipinski definition) is 3. The number of rotatable bonds is 5. The molecule has 0 fully saturated rings. The summed E-state index contributed by atoms with van der Waals surface area (Å²) in [4.78, 5) is 0. The second kappa shape index (κ2) is 4.49. The summed E-state index contributed by atoms with van der Waals surface area (Å²) >= 11 is 0. The van der Waals surface area contributed by atoms with Crippen molar-refractivity contribution in [1.29, 1.82) is 0 Å². The molecule has 0 aromatic rings. The maximum atomic E-state index is 8.91. The van der Waals surface area contributed by atoms with Crippen LogP contribution < -0.4 is 0 Å². The van der Waals surface area contributed by atoms with Crippen molar-refractivity contribution in [3.63, 3.8) is 0 Å². The van der Waals surface area contributed by atoms with Crippen LogP contribution in [0.15, 0.2) is 12.7 Å². The van der Waals surface area contributed by atoms with E-state index in [4.69, 9.17) is 14.9 Å². The molecule has 11 heavy (non-hydrogen) atoms. The lowest BCUT2D eigenvalue weighted by molar-refractivity contribution is -0.0477. The molecular weight excluding hydrogens is 144 g/mol. The molecule has 0 heterocycles. The van der Waals surface area contributed by atoms with Gasteiger partial charge in [0.2, 0.25) is 0 Å². The molecule has 0 saturated heterocycles. The molecule has 66 valence electrons. The molecule has 0 rings (SSSR count). The molecule has 0 aromatic heterocycles. The predicted molar refractivity (Wildman–Crippen MR) is 43.3 cm³/mol. The molecule has 0 aliphatic heterocycles. The van der Waals surface area contributed by atoms with Crippen molar-refractivity contribution in [2.75, 3.05) is 13.2 Å². The molecule has 3 nitrogen and oxygen atoms in total. The lowest BCUT2D eigenvalue weighted by Gasteiger charge is -2.22. The highest BCUT2D eigenvalue weighted by Crippen LogP contribution is 2.09. The van der Waals surface area contributed by atoms with Gasteiger partial charge < -0.3 is 14.9 Å². The van der Waals surface area contributed by atoms with Crippen LogP contribution in [-0.4, -0.2) is 35.1 Å². The van der Waals surface area contributed by atoms with Gasteiger partial charge in [-0.15, -0.1) is 6.58 Å². The summed E-state index contributed by atoms with van der Waals surface area (Å²) < 4.78 is 5.20. The maximum absolute atomic E-state index is 8.91. The third kappa shape index (κ3) is 4.95. The van der Waals surface area contributed by atoms with Gasteiger partial charge in [0.1, 0.15) is 6.10 Å². The van der Waals surface area contributed by atoms with Gasteiger partial charge in [-0.05, 0) is 13.8 Å². The Bertz CT molecular complexity index is 121. The quantitative estimate of drug-likeness (QED) is 0.569. The van der Waals surface area contributed by atoms with Gasteiger partial charge in [-0.3, -0.25) is 0 Å². The Kier molecular flexibility index (Phi) is 4.33. The van der Waals surface area contributed by atoms with Gasteiger partial charge in [-0.25, -0.2) is 0 Å². The number of aliphatic hydroxyl groups is 2. The van der Waals surface area contributed by atoms with Crippen molar-refractivity contribution in [2.24, 2.45) is 0 Å². The van der Waals surface area contributed by atoms with Crippen LogP contribution in [-0.2, 0) is 4.74 Å². The average molecular weight is 160 g/mol. The minimum atomic E-state index is -0.797. The first kappa shape index (κ1) is 10.6. The number of aliphatic hydroxyl groups excluding tert-OH is 2. The number of ether oxygens (including phenoxy) is 1. The second-order valence-electron chi connectivity index (χ2n) is 2.95. The minimum absolute atomic E-state index is 0.134. The maximum Gasteiger partial charge on any atom is 0.100 e. The average Bonchev–Trinajstić information content (AvgIpc) is 2.00. The summed E-state index contributed by atoms with van der Waals surface area (Å²) in [6, 6.07) is 0. The van der Waals surface area contributed by atoms with E-state index < -0.39 is 11.7 Å². The SMILES string of the molecule is C=CC(C)(C)OC[C@H](O)CO. The zero-order valence-electron chi connectivity index (χ0n) is 7.08. The molecule has 0 radical (unpaired) electrons. The zero-order chi connectivity index (χ0) is 8.91. The van der Waals surface area contributed by atoms with Crippen LogP contribution in [0.2, 0.25) is 0 Å². The molecule has 1 atom stereocenters. The van der Waals surface area contributed by atoms with E-state index in [1.54, 1.807) is 6.08 Å². The lowest BCUT2D eigenvalue weighted by atomic mass is 10.1. The van der Waals surface area contributed by atoms with E-state index in [9.17, 15) is 0 Å². The van der Waals surface area contributed by atoms with Gasteiger partial charge in [0, 0.05) is 0 Å². The molecule has 0 bridgehead atoms. The Hall–Kier alpha value is -0.380. The fourth-order valence-corrected chi connectivity index (χ4v) is 0.423. The highest BCUT2D eigenvalue weighted by molar-refractivity contribution is 4.89. The Labute approximate surface area is 67.3 Å². The largest absolute Gasteiger partial charge is 0.394 e. The van der Waals surface area contributed by atoms with Crippen LogP contribution in [0.4, 0.5) is 0 Å². The van der Waals surface area contributed by atoms with E-state index in [1.165, 1.54) is 0 Å². The second-order valence-corrected chi connectivity index (χ2v) is 2.95. The predicted octanol–water partition coefficient (Wildman–Crippen LogP) is 0.321. The standard InChI is InChI=1S/C8H16O3/c1-4-8(2,3)11-6-7(10)5-9/h4,7,9-10H,1,5-6H2,2-3H3/t7-/m1/s1. The van der Waals surface area contributed by atoms with Gasteiger partial charge in [-0.2, -0.15) is 0 Å². The van der Waals surface area contributed by atoms with Crippen LogP contribution >= 0.6 is 0 Å². The summed E-state index contributed by atoms with van der Waals surface area (Å²) in [7, 11) is 0. The Morgan fingerprint density at radius 1 is 1.64 bits per heavy atom. The van der Waals surface area contributed by atoms with Crippen LogP contribution in [0.25, 0.3) is 0 Å². The van der Waals surface area contributed by atoms with Crippen molar-refractivity contribution in [3.05, 3.63) is 12.7 Å². The third-order valence-electron chi connectivity index (χ3n) is 1.35. The minimum Gasteiger partial charge on any atom is -0.394 e. The van der Waals surface area contributed by atoms with Crippen molar-refractivity contribution >= 4 is 0 Å². The topological polar surface area (TPSA) is 49.7 Å². The first-order chi connectivity index (χ1) is 5.02. The van der Waals surface area contributed by atoms with Gasteiger partial charge in [0.15, 0.2) is 0 Å². The van der Waals surface area contributed by atoms with E-state index in [0.717, 1.165) is 0 Å². The highest BCUT2D eigenvalue weighted by atomic mass is 16.5. The molecule has 3 heteroatoms. The molecular formula is C8H16O3. The van der Waals surface area contributed by atoms with Crippen LogP contribution in [0, 0.1) is 0 Å². The normalized spacial score (nSPS) is 14.5. The highest BCUT2D eigenvalue weighted by Gasteiger charge is 2.14. The molecule has 0 aromatic carbocycles. The first-order valence-electron chi connectivity index (χ1n) is 3.58. The van der Waals surface area contributed by atoms with Crippen molar-refractivity contribution < 1.29 is 14.9 Å². The van der Waals surface area contributed by atoms with E-state index in [0.29, 0.717) is 0 Å². The van der Waals surface area contributed by atoms with E-state index in [1.807, 2.05) is 13.8 Å². The molecule has 0 aliphatic carbocycles. The van der Waals surface area contributed by atoms with Gasteiger partial charge in [0.25, 0.3) is 0 Å². The van der Waals surface area contributed by atoms with E-state index in [-0.39, 0.29) is 13.2 Å². The fraction of sp³-hybridized carbons (Fsp3) is 0.750. The third-order valence-corrected chi connectivity index (χ3v) is 1.35. The molecule has 0 aliphatic rings. The van der Waals surface area contributed by atoms with E-state index in [2.05, 4.69) is 6.58 Å². The van der Waals surface area contributed by atoms with Crippen LogP contribution in [0.5, 0.6) is 0 Å². The van der Waals surface area contributed by atoms with Crippen molar-refractivity contribution in [1.82, 2.24) is 0 Å². The zero-order valence-corrected chi connectivity index (χ0v) is 7.08. The Balaban J connectivity index is 3.60. The first-order valence-corrected chi connectivity index (χ1v) is 3.58. The summed E-state index contributed by atoms with van der Waals surface area (Å²) in [5.41, 5.74) is -0.434. The summed E-state index contributed by atoms with van der Waals surface area (Å²) in [5, 5.41) is 17.4. The lowest BCUT2D eigenvalue weighted by Crippen LogP contribution is -2.28.